The van der Waals surface area contributed by atoms with Gasteiger partial charge in [0.25, 0.3) is 0 Å². The van der Waals surface area contributed by atoms with E-state index in [2.05, 4.69) is 9.88 Å². The fraction of sp³-hybridized carbons (Fsp3) is 0.615. The zero-order chi connectivity index (χ0) is 23.4. The lowest BCUT2D eigenvalue weighted by atomic mass is 9.74. The first-order valence-corrected chi connectivity index (χ1v) is 12.5. The highest BCUT2D eigenvalue weighted by Crippen LogP contribution is 2.42. The molecule has 33 heavy (non-hydrogen) atoms. The van der Waals surface area contributed by atoms with Gasteiger partial charge in [-0.3, -0.25) is 9.78 Å². The van der Waals surface area contributed by atoms with Gasteiger partial charge < -0.3 is 14.7 Å². The number of nitrogens with zero attached hydrogens (tertiary/aromatic N) is 2. The topological polar surface area (TPSA) is 62.7 Å². The van der Waals surface area contributed by atoms with Gasteiger partial charge in [-0.2, -0.15) is 0 Å². The van der Waals surface area contributed by atoms with Gasteiger partial charge in [-0.15, -0.1) is 0 Å². The van der Waals surface area contributed by atoms with Gasteiger partial charge in [0.15, 0.2) is 0 Å². The minimum absolute atomic E-state index is 0.115. The molecule has 5 nitrogen and oxygen atoms in total. The van der Waals surface area contributed by atoms with Crippen LogP contribution in [0.1, 0.15) is 69.5 Å². The van der Waals surface area contributed by atoms with E-state index < -0.39 is 17.6 Å². The molecule has 2 fully saturated rings. The lowest BCUT2D eigenvalue weighted by Gasteiger charge is -2.39. The molecule has 7 heteroatoms. The zero-order valence-electron chi connectivity index (χ0n) is 19.4. The van der Waals surface area contributed by atoms with Crippen LogP contribution in [0.15, 0.2) is 24.4 Å². The summed E-state index contributed by atoms with van der Waals surface area (Å²) in [5, 5.41) is 10.9. The summed E-state index contributed by atoms with van der Waals surface area (Å²) in [4.78, 5) is 19.0. The van der Waals surface area contributed by atoms with Crippen LogP contribution in [0.3, 0.4) is 0 Å². The van der Waals surface area contributed by atoms with Crippen LogP contribution in [0.4, 0.5) is 4.39 Å². The van der Waals surface area contributed by atoms with E-state index >= 15 is 4.39 Å². The van der Waals surface area contributed by atoms with E-state index in [-0.39, 0.29) is 11.4 Å². The number of carbonyl (C=O) groups is 1. The molecule has 0 amide bonds. The number of piperidine rings is 1. The molecule has 1 aliphatic heterocycles. The van der Waals surface area contributed by atoms with Crippen LogP contribution in [0.25, 0.3) is 10.9 Å². The summed E-state index contributed by atoms with van der Waals surface area (Å²) in [6.45, 7) is 2.59. The Labute approximate surface area is 200 Å². The Kier molecular flexibility index (Phi) is 7.75. The van der Waals surface area contributed by atoms with Crippen molar-refractivity contribution in [2.45, 2.75) is 64.0 Å². The molecule has 1 aromatic carbocycles. The first kappa shape index (κ1) is 24.2. The highest BCUT2D eigenvalue weighted by atomic mass is 35.5. The van der Waals surface area contributed by atoms with Crippen molar-refractivity contribution in [3.05, 3.63) is 35.0 Å². The van der Waals surface area contributed by atoms with Crippen molar-refractivity contribution in [3.8, 4) is 5.75 Å². The van der Waals surface area contributed by atoms with Crippen LogP contribution >= 0.6 is 11.6 Å². The Morgan fingerprint density at radius 3 is 2.73 bits per heavy atom. The molecule has 1 saturated heterocycles. The van der Waals surface area contributed by atoms with Crippen LogP contribution in [-0.2, 0) is 4.79 Å². The van der Waals surface area contributed by atoms with Crippen molar-refractivity contribution < 1.29 is 19.0 Å². The average molecular weight is 477 g/mol. The Balaban J connectivity index is 1.41. The third-order valence-corrected chi connectivity index (χ3v) is 8.15. The molecule has 1 atom stereocenters. The number of rotatable bonds is 9. The van der Waals surface area contributed by atoms with Crippen LogP contribution in [0.5, 0.6) is 5.75 Å². The number of alkyl halides is 1. The minimum atomic E-state index is -1.37. The van der Waals surface area contributed by atoms with Crippen molar-refractivity contribution in [1.82, 2.24) is 9.88 Å². The summed E-state index contributed by atoms with van der Waals surface area (Å²) in [6.07, 6.45) is 8.22. The molecule has 1 N–H and O–H groups in total. The summed E-state index contributed by atoms with van der Waals surface area (Å²) in [7, 11) is 1.56. The highest BCUT2D eigenvalue weighted by molar-refractivity contribution is 6.32. The number of fused-ring (bicyclic) bond motifs is 1. The Bertz CT molecular complexity index is 971. The molecular weight excluding hydrogens is 443 g/mol. The molecule has 2 aromatic rings. The Morgan fingerprint density at radius 1 is 1.33 bits per heavy atom. The van der Waals surface area contributed by atoms with Gasteiger partial charge in [0.1, 0.15) is 11.9 Å². The number of aromatic nitrogens is 1. The number of methoxy groups -OCH3 is 1. The van der Waals surface area contributed by atoms with E-state index in [1.807, 2.05) is 0 Å². The van der Waals surface area contributed by atoms with Crippen molar-refractivity contribution in [1.29, 1.82) is 0 Å². The smallest absolute Gasteiger partial charge is 0.309 e. The van der Waals surface area contributed by atoms with Crippen molar-refractivity contribution in [2.24, 2.45) is 11.3 Å². The molecule has 0 spiro atoms. The maximum atomic E-state index is 15.6. The quantitative estimate of drug-likeness (QED) is 0.451. The number of likely N-dealkylation sites (tertiary alicyclic amines) is 1. The van der Waals surface area contributed by atoms with E-state index in [0.29, 0.717) is 41.5 Å². The summed E-state index contributed by atoms with van der Waals surface area (Å²) >= 11 is 6.35. The molecule has 0 unspecified atom stereocenters. The molecule has 4 rings (SSSR count). The first-order valence-electron chi connectivity index (χ1n) is 12.1. The van der Waals surface area contributed by atoms with E-state index in [4.69, 9.17) is 16.3 Å². The largest absolute Gasteiger partial charge is 0.497 e. The molecule has 0 bridgehead atoms. The third-order valence-electron chi connectivity index (χ3n) is 7.85. The SMILES string of the molecule is COc1ccc2ncc(Cl)c([C@@H](F)CCC3(C(=O)O)CCN(CCC4CCCC4)CC3)c2c1. The maximum Gasteiger partial charge on any atom is 0.309 e. The fourth-order valence-electron chi connectivity index (χ4n) is 5.60. The van der Waals surface area contributed by atoms with Crippen LogP contribution in [0, 0.1) is 11.3 Å². The van der Waals surface area contributed by atoms with Crippen molar-refractivity contribution >= 4 is 28.5 Å². The molecule has 180 valence electrons. The molecule has 0 radical (unpaired) electrons. The average Bonchev–Trinajstić information content (AvgIpc) is 3.35. The number of carboxylic acids is 1. The van der Waals surface area contributed by atoms with Crippen LogP contribution < -0.4 is 4.74 Å². The van der Waals surface area contributed by atoms with Gasteiger partial charge in [0.05, 0.1) is 23.1 Å². The fourth-order valence-corrected chi connectivity index (χ4v) is 5.87. The third kappa shape index (κ3) is 5.43. The second-order valence-electron chi connectivity index (χ2n) is 9.78. The summed E-state index contributed by atoms with van der Waals surface area (Å²) in [5.74, 6) is 0.631. The molecule has 1 aliphatic carbocycles. The number of ether oxygens (including phenoxy) is 1. The number of aliphatic carboxylic acids is 1. The number of halogens is 2. The Morgan fingerprint density at radius 2 is 2.06 bits per heavy atom. The van der Waals surface area contributed by atoms with Gasteiger partial charge in [-0.05, 0) is 75.9 Å². The second-order valence-corrected chi connectivity index (χ2v) is 10.2. The lowest BCUT2D eigenvalue weighted by molar-refractivity contribution is -0.153. The number of carboxylic acid groups (broad SMARTS) is 1. The molecule has 1 saturated carbocycles. The van der Waals surface area contributed by atoms with Gasteiger partial charge in [0, 0.05) is 17.1 Å². The number of hydrogen-bond donors (Lipinski definition) is 1. The summed E-state index contributed by atoms with van der Waals surface area (Å²) in [6, 6.07) is 5.30. The predicted octanol–water partition coefficient (Wildman–Crippen LogP) is 6.43. The predicted molar refractivity (Wildman–Crippen MR) is 129 cm³/mol. The van der Waals surface area contributed by atoms with E-state index in [0.717, 1.165) is 25.6 Å². The van der Waals surface area contributed by atoms with Crippen molar-refractivity contribution in [2.75, 3.05) is 26.7 Å². The van der Waals surface area contributed by atoms with Crippen LogP contribution in [-0.4, -0.2) is 47.7 Å². The number of hydrogen-bond acceptors (Lipinski definition) is 4. The maximum absolute atomic E-state index is 15.6. The van der Waals surface area contributed by atoms with E-state index in [1.54, 1.807) is 25.3 Å². The van der Waals surface area contributed by atoms with Crippen molar-refractivity contribution in [3.63, 3.8) is 0 Å². The number of benzene rings is 1. The monoisotopic (exact) mass is 476 g/mol. The Hall–Kier alpha value is -1.92. The lowest BCUT2D eigenvalue weighted by Crippen LogP contribution is -2.45. The molecule has 2 aliphatic rings. The normalized spacial score (nSPS) is 20.2. The second kappa shape index (κ2) is 10.6. The molecule has 2 heterocycles. The summed E-state index contributed by atoms with van der Waals surface area (Å²) in [5.41, 5.74) is 0.137. The van der Waals surface area contributed by atoms with E-state index in [9.17, 15) is 9.90 Å². The molecular formula is C26H34ClFN2O3. The zero-order valence-corrected chi connectivity index (χ0v) is 20.1. The summed E-state index contributed by atoms with van der Waals surface area (Å²) < 4.78 is 20.8. The van der Waals surface area contributed by atoms with Gasteiger partial charge >= 0.3 is 5.97 Å². The van der Waals surface area contributed by atoms with Gasteiger partial charge in [-0.1, -0.05) is 37.3 Å². The van der Waals surface area contributed by atoms with E-state index in [1.165, 1.54) is 38.3 Å². The standard InChI is InChI=1S/C26H34ClFN2O3/c1-33-19-6-7-23-20(16-19)24(21(27)17-29-23)22(28)8-10-26(25(31)32)11-14-30(15-12-26)13-9-18-4-2-3-5-18/h6-7,16-18,22H,2-5,8-15H2,1H3,(H,31,32)/t22-/m0/s1. The number of pyridine rings is 1. The molecule has 1 aromatic heterocycles. The van der Waals surface area contributed by atoms with Crippen LogP contribution in [0.2, 0.25) is 5.02 Å². The van der Waals surface area contributed by atoms with Gasteiger partial charge in [-0.25, -0.2) is 4.39 Å². The highest BCUT2D eigenvalue weighted by Gasteiger charge is 2.42. The van der Waals surface area contributed by atoms with Gasteiger partial charge in [0.2, 0.25) is 0 Å². The first-order chi connectivity index (χ1) is 15.9. The minimum Gasteiger partial charge on any atom is -0.497 e.